The van der Waals surface area contributed by atoms with Gasteiger partial charge in [0, 0.05) is 6.20 Å². The summed E-state index contributed by atoms with van der Waals surface area (Å²) in [7, 11) is 0. The summed E-state index contributed by atoms with van der Waals surface area (Å²) < 4.78 is 2.16. The largest absolute Gasteiger partial charge is 0.328 e. The van der Waals surface area contributed by atoms with Crippen molar-refractivity contribution in [2.75, 3.05) is 0 Å². The lowest BCUT2D eigenvalue weighted by Gasteiger charge is -1.94. The molecule has 2 heterocycles. The zero-order valence-corrected chi connectivity index (χ0v) is 10.3. The molecule has 0 aliphatic carbocycles. The fraction of sp³-hybridized carbons (Fsp3) is 0. The van der Waals surface area contributed by atoms with Gasteiger partial charge in [-0.3, -0.25) is 0 Å². The van der Waals surface area contributed by atoms with Gasteiger partial charge in [0.1, 0.15) is 0 Å². The third-order valence-corrected chi connectivity index (χ3v) is 2.82. The Labute approximate surface area is 109 Å². The highest BCUT2D eigenvalue weighted by atomic mass is 32.1. The summed E-state index contributed by atoms with van der Waals surface area (Å²) in [6.07, 6.45) is 3.48. The summed E-state index contributed by atoms with van der Waals surface area (Å²) in [5, 5.41) is 4.36. The van der Waals surface area contributed by atoms with E-state index in [-0.39, 0.29) is 0 Å². The van der Waals surface area contributed by atoms with Crippen molar-refractivity contribution < 1.29 is 0 Å². The van der Waals surface area contributed by atoms with Crippen LogP contribution in [0.15, 0.2) is 53.8 Å². The molecule has 0 aliphatic rings. The Morgan fingerprint density at radius 1 is 1.17 bits per heavy atom. The van der Waals surface area contributed by atoms with Crippen LogP contribution < -0.4 is 0 Å². The number of rotatable bonds is 2. The van der Waals surface area contributed by atoms with E-state index >= 15 is 0 Å². The fourth-order valence-electron chi connectivity index (χ4n) is 1.70. The van der Waals surface area contributed by atoms with Gasteiger partial charge in [0.05, 0.1) is 11.7 Å². The average Bonchev–Trinajstić information content (AvgIpc) is 2.73. The monoisotopic (exact) mass is 254 g/mol. The minimum atomic E-state index is 0.538. The maximum absolute atomic E-state index is 5.22. The van der Waals surface area contributed by atoms with Crippen LogP contribution in [0.2, 0.25) is 0 Å². The van der Waals surface area contributed by atoms with Crippen molar-refractivity contribution >= 4 is 29.6 Å². The highest BCUT2D eigenvalue weighted by molar-refractivity contribution is 7.71. The lowest BCUT2D eigenvalue weighted by atomic mass is 10.2. The van der Waals surface area contributed by atoms with Gasteiger partial charge in [0.15, 0.2) is 5.65 Å². The second-order valence-electron chi connectivity index (χ2n) is 3.77. The van der Waals surface area contributed by atoms with Gasteiger partial charge < -0.3 is 4.98 Å². The van der Waals surface area contributed by atoms with Crippen molar-refractivity contribution in [3.05, 3.63) is 59.0 Å². The highest BCUT2D eigenvalue weighted by Gasteiger charge is 2.02. The SMILES string of the molecule is S=c1[nH]c2cccnc2n1N=Cc1ccccc1. The number of benzene rings is 1. The van der Waals surface area contributed by atoms with Crippen LogP contribution in [0.1, 0.15) is 5.56 Å². The Bertz CT molecular complexity index is 755. The van der Waals surface area contributed by atoms with E-state index in [1.54, 1.807) is 17.1 Å². The van der Waals surface area contributed by atoms with E-state index in [4.69, 9.17) is 12.2 Å². The fourth-order valence-corrected chi connectivity index (χ4v) is 1.94. The van der Waals surface area contributed by atoms with Gasteiger partial charge in [0.25, 0.3) is 0 Å². The van der Waals surface area contributed by atoms with E-state index in [9.17, 15) is 0 Å². The molecular formula is C13H10N4S. The van der Waals surface area contributed by atoms with Crippen LogP contribution in [0.3, 0.4) is 0 Å². The number of hydrogen-bond acceptors (Lipinski definition) is 3. The first-order chi connectivity index (χ1) is 8.84. The molecule has 0 unspecified atom stereocenters. The summed E-state index contributed by atoms with van der Waals surface area (Å²) in [5.74, 6) is 0. The van der Waals surface area contributed by atoms with E-state index in [0.29, 0.717) is 4.77 Å². The molecule has 0 amide bonds. The van der Waals surface area contributed by atoms with Gasteiger partial charge in [-0.2, -0.15) is 9.78 Å². The second-order valence-corrected chi connectivity index (χ2v) is 4.16. The second kappa shape index (κ2) is 4.54. The number of fused-ring (bicyclic) bond motifs is 1. The molecule has 1 aromatic carbocycles. The van der Waals surface area contributed by atoms with Gasteiger partial charge in [-0.1, -0.05) is 30.3 Å². The van der Waals surface area contributed by atoms with E-state index in [1.807, 2.05) is 42.5 Å². The van der Waals surface area contributed by atoms with Crippen LogP contribution in [0.5, 0.6) is 0 Å². The zero-order valence-electron chi connectivity index (χ0n) is 9.45. The standard InChI is InChI=1S/C13H10N4S/c18-13-16-11-7-4-8-14-12(11)17(13)15-9-10-5-2-1-3-6-10/h1-9H,(H,16,18). The Morgan fingerprint density at radius 3 is 2.83 bits per heavy atom. The number of aromatic amines is 1. The molecule has 5 heteroatoms. The molecule has 3 aromatic rings. The number of H-pyrrole nitrogens is 1. The number of nitrogens with zero attached hydrogens (tertiary/aromatic N) is 3. The van der Waals surface area contributed by atoms with Crippen molar-refractivity contribution in [3.8, 4) is 0 Å². The summed E-state index contributed by atoms with van der Waals surface area (Å²) in [6, 6.07) is 13.6. The van der Waals surface area contributed by atoms with Gasteiger partial charge >= 0.3 is 0 Å². The maximum Gasteiger partial charge on any atom is 0.200 e. The first-order valence-corrected chi connectivity index (χ1v) is 5.90. The van der Waals surface area contributed by atoms with E-state index < -0.39 is 0 Å². The molecule has 3 rings (SSSR count). The molecule has 88 valence electrons. The third-order valence-electron chi connectivity index (χ3n) is 2.54. The molecule has 1 N–H and O–H groups in total. The van der Waals surface area contributed by atoms with Crippen LogP contribution >= 0.6 is 12.2 Å². The maximum atomic E-state index is 5.22. The van der Waals surface area contributed by atoms with Gasteiger partial charge in [0.2, 0.25) is 4.77 Å². The molecule has 2 aromatic heterocycles. The van der Waals surface area contributed by atoms with E-state index in [2.05, 4.69) is 15.1 Å². The Balaban J connectivity index is 2.08. The minimum Gasteiger partial charge on any atom is -0.328 e. The number of nitrogens with one attached hydrogen (secondary N) is 1. The number of hydrogen-bond donors (Lipinski definition) is 1. The predicted molar refractivity (Wildman–Crippen MR) is 74.4 cm³/mol. The van der Waals surface area contributed by atoms with Crippen molar-refractivity contribution in [2.24, 2.45) is 5.10 Å². The van der Waals surface area contributed by atoms with Crippen LogP contribution in [-0.2, 0) is 0 Å². The van der Waals surface area contributed by atoms with Crippen LogP contribution in [0.25, 0.3) is 11.2 Å². The molecule has 18 heavy (non-hydrogen) atoms. The molecule has 0 saturated carbocycles. The summed E-state index contributed by atoms with van der Waals surface area (Å²) in [5.41, 5.74) is 2.63. The number of aromatic nitrogens is 3. The van der Waals surface area contributed by atoms with Crippen molar-refractivity contribution in [3.63, 3.8) is 0 Å². The van der Waals surface area contributed by atoms with Gasteiger partial charge in [-0.05, 0) is 29.9 Å². The topological polar surface area (TPSA) is 46.0 Å². The number of pyridine rings is 1. The molecule has 0 bridgehead atoms. The molecule has 0 atom stereocenters. The summed E-state index contributed by atoms with van der Waals surface area (Å²) in [4.78, 5) is 7.33. The van der Waals surface area contributed by atoms with Crippen LogP contribution in [-0.4, -0.2) is 20.9 Å². The molecule has 0 fully saturated rings. The number of imidazole rings is 1. The Hall–Kier alpha value is -2.27. The molecule has 0 aliphatic heterocycles. The lowest BCUT2D eigenvalue weighted by molar-refractivity contribution is 0.882. The molecule has 0 spiro atoms. The minimum absolute atomic E-state index is 0.538. The van der Waals surface area contributed by atoms with Gasteiger partial charge in [-0.25, -0.2) is 4.98 Å². The van der Waals surface area contributed by atoms with Crippen molar-refractivity contribution in [1.29, 1.82) is 0 Å². The van der Waals surface area contributed by atoms with Gasteiger partial charge in [-0.15, -0.1) is 0 Å². The van der Waals surface area contributed by atoms with E-state index in [1.165, 1.54) is 0 Å². The smallest absolute Gasteiger partial charge is 0.200 e. The highest BCUT2D eigenvalue weighted by Crippen LogP contribution is 2.10. The van der Waals surface area contributed by atoms with Crippen LogP contribution in [0.4, 0.5) is 0 Å². The van der Waals surface area contributed by atoms with E-state index in [0.717, 1.165) is 16.7 Å². The normalized spacial score (nSPS) is 11.3. The first kappa shape index (κ1) is 10.9. The predicted octanol–water partition coefficient (Wildman–Crippen LogP) is 2.98. The Kier molecular flexibility index (Phi) is 2.74. The lowest BCUT2D eigenvalue weighted by Crippen LogP contribution is -1.92. The third kappa shape index (κ3) is 1.96. The van der Waals surface area contributed by atoms with Crippen molar-refractivity contribution in [2.45, 2.75) is 0 Å². The zero-order chi connectivity index (χ0) is 12.4. The molecule has 0 radical (unpaired) electrons. The molecule has 0 saturated heterocycles. The Morgan fingerprint density at radius 2 is 2.00 bits per heavy atom. The van der Waals surface area contributed by atoms with Crippen LogP contribution in [0, 0.1) is 4.77 Å². The van der Waals surface area contributed by atoms with Crippen molar-refractivity contribution in [1.82, 2.24) is 14.6 Å². The summed E-state index contributed by atoms with van der Waals surface area (Å²) in [6.45, 7) is 0. The molecule has 4 nitrogen and oxygen atoms in total. The summed E-state index contributed by atoms with van der Waals surface area (Å²) >= 11 is 5.22. The quantitative estimate of drug-likeness (QED) is 0.564. The molecular weight excluding hydrogens is 244 g/mol. The first-order valence-electron chi connectivity index (χ1n) is 5.50. The average molecular weight is 254 g/mol.